The summed E-state index contributed by atoms with van der Waals surface area (Å²) >= 11 is 0. The highest BCUT2D eigenvalue weighted by Gasteiger charge is 2.29. The van der Waals surface area contributed by atoms with Gasteiger partial charge in [0.15, 0.2) is 5.78 Å². The van der Waals surface area contributed by atoms with Gasteiger partial charge in [-0.15, -0.1) is 0 Å². The molecule has 0 atom stereocenters. The first-order valence-corrected chi connectivity index (χ1v) is 5.65. The van der Waals surface area contributed by atoms with E-state index in [1.165, 1.54) is 0 Å². The van der Waals surface area contributed by atoms with Crippen LogP contribution in [0.4, 0.5) is 0 Å². The molecule has 4 nitrogen and oxygen atoms in total. The maximum Gasteiger partial charge on any atom is 0.172 e. The van der Waals surface area contributed by atoms with Crippen molar-refractivity contribution in [2.75, 3.05) is 27.3 Å². The van der Waals surface area contributed by atoms with Crippen LogP contribution in [0.3, 0.4) is 0 Å². The minimum absolute atomic E-state index is 0.0796. The number of ether oxygens (including phenoxy) is 2. The van der Waals surface area contributed by atoms with Crippen molar-refractivity contribution in [3.63, 3.8) is 0 Å². The number of hydrogen-bond donors (Lipinski definition) is 1. The number of hydrogen-bond acceptors (Lipinski definition) is 4. The molecule has 1 aromatic carbocycles. The van der Waals surface area contributed by atoms with Crippen LogP contribution in [0.2, 0.25) is 0 Å². The molecule has 0 radical (unpaired) electrons. The molecule has 92 valence electrons. The van der Waals surface area contributed by atoms with E-state index in [2.05, 4.69) is 5.32 Å². The highest BCUT2D eigenvalue weighted by atomic mass is 16.5. The van der Waals surface area contributed by atoms with Gasteiger partial charge in [-0.05, 0) is 18.6 Å². The molecule has 0 aromatic heterocycles. The summed E-state index contributed by atoms with van der Waals surface area (Å²) in [5, 5.41) is 3.11. The predicted molar refractivity (Wildman–Crippen MR) is 65.0 cm³/mol. The number of Topliss-reactive ketones (excluding diaryl/α,β-unsaturated/α-hetero) is 1. The number of aryl methyl sites for hydroxylation is 1. The molecule has 0 saturated carbocycles. The van der Waals surface area contributed by atoms with Crippen LogP contribution in [0.15, 0.2) is 12.1 Å². The van der Waals surface area contributed by atoms with Crippen LogP contribution in [-0.4, -0.2) is 33.1 Å². The molecule has 1 N–H and O–H groups in total. The highest BCUT2D eigenvalue weighted by Crippen LogP contribution is 2.30. The average Bonchev–Trinajstić information content (AvgIpc) is 2.25. The van der Waals surface area contributed by atoms with Crippen LogP contribution < -0.4 is 14.8 Å². The standard InChI is InChI=1S/C13H17NO3/c1-8-4-10(16-2)5-11(17-3)12(8)13(15)9-6-14-7-9/h4-5,9,14H,6-7H2,1-3H3. The van der Waals surface area contributed by atoms with Crippen LogP contribution in [0.25, 0.3) is 0 Å². The van der Waals surface area contributed by atoms with E-state index in [1.807, 2.05) is 13.0 Å². The quantitative estimate of drug-likeness (QED) is 0.802. The molecular weight excluding hydrogens is 218 g/mol. The Morgan fingerprint density at radius 2 is 2.00 bits per heavy atom. The smallest absolute Gasteiger partial charge is 0.172 e. The Balaban J connectivity index is 2.40. The second-order valence-corrected chi connectivity index (χ2v) is 4.24. The van der Waals surface area contributed by atoms with Crippen molar-refractivity contribution in [3.8, 4) is 11.5 Å². The van der Waals surface area contributed by atoms with Crippen LogP contribution >= 0.6 is 0 Å². The molecule has 2 rings (SSSR count). The Kier molecular flexibility index (Phi) is 3.33. The topological polar surface area (TPSA) is 47.6 Å². The van der Waals surface area contributed by atoms with Gasteiger partial charge in [0, 0.05) is 25.1 Å². The molecule has 1 fully saturated rings. The van der Waals surface area contributed by atoms with E-state index in [0.717, 1.165) is 18.7 Å². The fourth-order valence-corrected chi connectivity index (χ4v) is 2.00. The lowest BCUT2D eigenvalue weighted by Gasteiger charge is -2.27. The fraction of sp³-hybridized carbons (Fsp3) is 0.462. The molecule has 0 aliphatic carbocycles. The summed E-state index contributed by atoms with van der Waals surface area (Å²) in [7, 11) is 3.18. The second-order valence-electron chi connectivity index (χ2n) is 4.24. The van der Waals surface area contributed by atoms with Gasteiger partial charge in [0.25, 0.3) is 0 Å². The zero-order valence-electron chi connectivity index (χ0n) is 10.4. The van der Waals surface area contributed by atoms with Crippen molar-refractivity contribution < 1.29 is 14.3 Å². The van der Waals surface area contributed by atoms with Gasteiger partial charge in [-0.1, -0.05) is 0 Å². The summed E-state index contributed by atoms with van der Waals surface area (Å²) in [4.78, 5) is 12.3. The van der Waals surface area contributed by atoms with Gasteiger partial charge in [-0.2, -0.15) is 0 Å². The fourth-order valence-electron chi connectivity index (χ4n) is 2.00. The molecule has 0 spiro atoms. The Morgan fingerprint density at radius 1 is 1.29 bits per heavy atom. The van der Waals surface area contributed by atoms with Crippen molar-refractivity contribution in [2.24, 2.45) is 5.92 Å². The number of carbonyl (C=O) groups excluding carboxylic acids is 1. The zero-order chi connectivity index (χ0) is 12.4. The van der Waals surface area contributed by atoms with Gasteiger partial charge in [0.2, 0.25) is 0 Å². The minimum Gasteiger partial charge on any atom is -0.497 e. The summed E-state index contributed by atoms with van der Waals surface area (Å²) < 4.78 is 10.5. The molecule has 0 amide bonds. The number of rotatable bonds is 4. The maximum absolute atomic E-state index is 12.3. The largest absolute Gasteiger partial charge is 0.497 e. The van der Waals surface area contributed by atoms with Gasteiger partial charge in [-0.3, -0.25) is 4.79 Å². The zero-order valence-corrected chi connectivity index (χ0v) is 10.4. The van der Waals surface area contributed by atoms with E-state index in [9.17, 15) is 4.79 Å². The molecular formula is C13H17NO3. The Morgan fingerprint density at radius 3 is 2.47 bits per heavy atom. The van der Waals surface area contributed by atoms with Crippen LogP contribution in [-0.2, 0) is 0 Å². The van der Waals surface area contributed by atoms with E-state index < -0.39 is 0 Å². The highest BCUT2D eigenvalue weighted by molar-refractivity contribution is 6.02. The van der Waals surface area contributed by atoms with Crippen molar-refractivity contribution >= 4 is 5.78 Å². The summed E-state index contributed by atoms with van der Waals surface area (Å²) in [5.41, 5.74) is 1.58. The van der Waals surface area contributed by atoms with Gasteiger partial charge >= 0.3 is 0 Å². The normalized spacial score (nSPS) is 15.2. The Labute approximate surface area is 101 Å². The minimum atomic E-state index is 0.0796. The van der Waals surface area contributed by atoms with E-state index in [1.54, 1.807) is 20.3 Å². The third-order valence-electron chi connectivity index (χ3n) is 3.13. The molecule has 17 heavy (non-hydrogen) atoms. The van der Waals surface area contributed by atoms with Crippen molar-refractivity contribution in [3.05, 3.63) is 23.3 Å². The van der Waals surface area contributed by atoms with Crippen molar-refractivity contribution in [1.82, 2.24) is 5.32 Å². The Hall–Kier alpha value is -1.55. The molecule has 1 saturated heterocycles. The number of carbonyl (C=O) groups is 1. The van der Waals surface area contributed by atoms with Gasteiger partial charge in [0.1, 0.15) is 11.5 Å². The molecule has 1 heterocycles. The average molecular weight is 235 g/mol. The number of ketones is 1. The van der Waals surface area contributed by atoms with Crippen LogP contribution in [0.5, 0.6) is 11.5 Å². The molecule has 1 aliphatic heterocycles. The maximum atomic E-state index is 12.3. The van der Waals surface area contributed by atoms with E-state index >= 15 is 0 Å². The second kappa shape index (κ2) is 4.75. The monoisotopic (exact) mass is 235 g/mol. The van der Waals surface area contributed by atoms with E-state index in [4.69, 9.17) is 9.47 Å². The summed E-state index contributed by atoms with van der Waals surface area (Å²) in [6.45, 7) is 3.42. The Bertz CT molecular complexity index is 439. The number of nitrogens with one attached hydrogen (secondary N) is 1. The van der Waals surface area contributed by atoms with Gasteiger partial charge in [-0.25, -0.2) is 0 Å². The lowest BCUT2D eigenvalue weighted by molar-refractivity contribution is 0.0874. The molecule has 1 aromatic rings. The van der Waals surface area contributed by atoms with Crippen molar-refractivity contribution in [1.29, 1.82) is 0 Å². The third-order valence-corrected chi connectivity index (χ3v) is 3.13. The number of methoxy groups -OCH3 is 2. The summed E-state index contributed by atoms with van der Waals surface area (Å²) in [6.07, 6.45) is 0. The molecule has 0 bridgehead atoms. The number of benzene rings is 1. The third kappa shape index (κ3) is 2.13. The summed E-state index contributed by atoms with van der Waals surface area (Å²) in [5.74, 6) is 1.54. The molecule has 1 aliphatic rings. The first-order chi connectivity index (χ1) is 8.17. The predicted octanol–water partition coefficient (Wildman–Crippen LogP) is 1.41. The van der Waals surface area contributed by atoms with Crippen LogP contribution in [0.1, 0.15) is 15.9 Å². The SMILES string of the molecule is COc1cc(C)c(C(=O)C2CNC2)c(OC)c1. The van der Waals surface area contributed by atoms with Crippen molar-refractivity contribution in [2.45, 2.75) is 6.92 Å². The van der Waals surface area contributed by atoms with E-state index in [-0.39, 0.29) is 11.7 Å². The molecule has 0 unspecified atom stereocenters. The lowest BCUT2D eigenvalue weighted by atomic mass is 9.90. The van der Waals surface area contributed by atoms with Gasteiger partial charge < -0.3 is 14.8 Å². The first-order valence-electron chi connectivity index (χ1n) is 5.65. The van der Waals surface area contributed by atoms with Gasteiger partial charge in [0.05, 0.1) is 19.8 Å². The first kappa shape index (κ1) is 11.9. The molecule has 4 heteroatoms. The van der Waals surface area contributed by atoms with E-state index in [0.29, 0.717) is 17.1 Å². The summed E-state index contributed by atoms with van der Waals surface area (Å²) in [6, 6.07) is 3.62. The van der Waals surface area contributed by atoms with Crippen LogP contribution in [0, 0.1) is 12.8 Å². The lowest BCUT2D eigenvalue weighted by Crippen LogP contribution is -2.46.